The first kappa shape index (κ1) is 11.5. The summed E-state index contributed by atoms with van der Waals surface area (Å²) in [6.45, 7) is 6.84. The van der Waals surface area contributed by atoms with Gasteiger partial charge in [-0.25, -0.2) is 0 Å². The molecule has 2 aliphatic rings. The van der Waals surface area contributed by atoms with E-state index in [4.69, 9.17) is 0 Å². The molecule has 1 aromatic carbocycles. The van der Waals surface area contributed by atoms with E-state index in [-0.39, 0.29) is 5.41 Å². The van der Waals surface area contributed by atoms with E-state index in [2.05, 4.69) is 69.3 Å². The van der Waals surface area contributed by atoms with E-state index in [1.807, 2.05) is 0 Å². The second kappa shape index (κ2) is 3.98. The van der Waals surface area contributed by atoms with Gasteiger partial charge in [-0.1, -0.05) is 74.9 Å². The maximum atomic E-state index is 2.43. The largest absolute Gasteiger partial charge is 0.0733 e. The maximum Gasteiger partial charge on any atom is 0.0173 e. The van der Waals surface area contributed by atoms with Gasteiger partial charge in [0.2, 0.25) is 0 Å². The van der Waals surface area contributed by atoms with Gasteiger partial charge in [-0.3, -0.25) is 0 Å². The lowest BCUT2D eigenvalue weighted by Gasteiger charge is -2.18. The zero-order valence-electron chi connectivity index (χ0n) is 11.4. The molecule has 18 heavy (non-hydrogen) atoms. The van der Waals surface area contributed by atoms with E-state index in [1.165, 1.54) is 22.3 Å². The first-order chi connectivity index (χ1) is 8.54. The van der Waals surface area contributed by atoms with E-state index >= 15 is 0 Å². The zero-order valence-corrected chi connectivity index (χ0v) is 11.4. The van der Waals surface area contributed by atoms with E-state index in [0.29, 0.717) is 5.92 Å². The highest BCUT2D eigenvalue weighted by Crippen LogP contribution is 2.38. The van der Waals surface area contributed by atoms with Crippen molar-refractivity contribution >= 4 is 6.08 Å². The Hall–Kier alpha value is -1.56. The Bertz CT molecular complexity index is 562. The molecule has 0 radical (unpaired) electrons. The number of benzene rings is 1. The summed E-state index contributed by atoms with van der Waals surface area (Å²) in [7, 11) is 0. The number of fused-ring (bicyclic) bond motifs is 1. The lowest BCUT2D eigenvalue weighted by Crippen LogP contribution is -2.06. The predicted octanol–water partition coefficient (Wildman–Crippen LogP) is 4.78. The Morgan fingerprint density at radius 2 is 1.89 bits per heavy atom. The average molecular weight is 236 g/mol. The number of hydrogen-bond acceptors (Lipinski definition) is 0. The fraction of sp³-hybridized carbons (Fsp3) is 0.333. The molecular formula is C18H20. The molecule has 0 saturated heterocycles. The highest BCUT2D eigenvalue weighted by molar-refractivity contribution is 5.65. The van der Waals surface area contributed by atoms with Gasteiger partial charge >= 0.3 is 0 Å². The summed E-state index contributed by atoms with van der Waals surface area (Å²) in [5.74, 6) is 0.506. The summed E-state index contributed by atoms with van der Waals surface area (Å²) in [6, 6.07) is 8.72. The minimum Gasteiger partial charge on any atom is -0.0733 e. The Morgan fingerprint density at radius 1 is 1.11 bits per heavy atom. The van der Waals surface area contributed by atoms with Crippen LogP contribution in [0, 0.1) is 11.3 Å². The highest BCUT2D eigenvalue weighted by Gasteiger charge is 2.24. The van der Waals surface area contributed by atoms with Crippen molar-refractivity contribution in [2.75, 3.05) is 0 Å². The van der Waals surface area contributed by atoms with E-state index in [9.17, 15) is 0 Å². The molecule has 0 fully saturated rings. The van der Waals surface area contributed by atoms with E-state index in [1.54, 1.807) is 0 Å². The van der Waals surface area contributed by atoms with Crippen LogP contribution in [0.2, 0.25) is 0 Å². The van der Waals surface area contributed by atoms with Crippen LogP contribution in [0.5, 0.6) is 0 Å². The van der Waals surface area contributed by atoms with Crippen molar-refractivity contribution in [1.82, 2.24) is 0 Å². The lowest BCUT2D eigenvalue weighted by molar-refractivity contribution is 0.517. The van der Waals surface area contributed by atoms with Gasteiger partial charge in [0, 0.05) is 5.92 Å². The third-order valence-electron chi connectivity index (χ3n) is 3.93. The van der Waals surface area contributed by atoms with Gasteiger partial charge in [0.15, 0.2) is 0 Å². The van der Waals surface area contributed by atoms with Crippen LogP contribution in [0.1, 0.15) is 31.9 Å². The molecule has 1 atom stereocenters. The van der Waals surface area contributed by atoms with Crippen LogP contribution in [-0.2, 0) is 6.42 Å². The maximum absolute atomic E-state index is 2.43. The minimum atomic E-state index is 0.261. The molecule has 1 aromatic rings. The predicted molar refractivity (Wildman–Crippen MR) is 78.3 cm³/mol. The molecule has 0 aromatic heterocycles. The van der Waals surface area contributed by atoms with Crippen molar-refractivity contribution < 1.29 is 0 Å². The third kappa shape index (κ3) is 1.96. The molecule has 0 saturated carbocycles. The standard InChI is InChI=1S/C18H20/c1-18(2,3)17-9-8-15(12-17)16-10-13-6-4-5-7-14(13)11-16/h4-10,12,15H,11H2,1-3H3. The van der Waals surface area contributed by atoms with Crippen molar-refractivity contribution in [3.8, 4) is 0 Å². The van der Waals surface area contributed by atoms with Crippen molar-refractivity contribution in [1.29, 1.82) is 0 Å². The summed E-state index contributed by atoms with van der Waals surface area (Å²) in [5.41, 5.74) is 6.13. The topological polar surface area (TPSA) is 0 Å². The van der Waals surface area contributed by atoms with Crippen LogP contribution in [-0.4, -0.2) is 0 Å². The minimum absolute atomic E-state index is 0.261. The summed E-state index contributed by atoms with van der Waals surface area (Å²) in [6.07, 6.45) is 10.6. The molecule has 0 N–H and O–H groups in total. The summed E-state index contributed by atoms with van der Waals surface area (Å²) in [4.78, 5) is 0. The quantitative estimate of drug-likeness (QED) is 0.658. The van der Waals surface area contributed by atoms with E-state index < -0.39 is 0 Å². The SMILES string of the molecule is CC(C)(C)C1=CC(C2=Cc3ccccc3C2)C=C1. The fourth-order valence-electron chi connectivity index (χ4n) is 2.76. The molecular weight excluding hydrogens is 216 g/mol. The van der Waals surface area contributed by atoms with Gasteiger partial charge in [-0.05, 0) is 28.5 Å². The molecule has 0 spiro atoms. The van der Waals surface area contributed by atoms with Crippen molar-refractivity contribution in [2.24, 2.45) is 11.3 Å². The third-order valence-corrected chi connectivity index (χ3v) is 3.93. The zero-order chi connectivity index (χ0) is 12.8. The Balaban J connectivity index is 1.85. The average Bonchev–Trinajstić information content (AvgIpc) is 2.94. The molecule has 2 aliphatic carbocycles. The summed E-state index contributed by atoms with van der Waals surface area (Å²) >= 11 is 0. The molecule has 0 aliphatic heterocycles. The van der Waals surface area contributed by atoms with Gasteiger partial charge in [0.05, 0.1) is 0 Å². The Kier molecular flexibility index (Phi) is 2.55. The van der Waals surface area contributed by atoms with Gasteiger partial charge in [0.25, 0.3) is 0 Å². The number of hydrogen-bond donors (Lipinski definition) is 0. The van der Waals surface area contributed by atoms with Gasteiger partial charge in [-0.15, -0.1) is 0 Å². The monoisotopic (exact) mass is 236 g/mol. The van der Waals surface area contributed by atoms with Gasteiger partial charge in [-0.2, -0.15) is 0 Å². The second-order valence-corrected chi connectivity index (χ2v) is 6.35. The fourth-order valence-corrected chi connectivity index (χ4v) is 2.76. The van der Waals surface area contributed by atoms with Gasteiger partial charge < -0.3 is 0 Å². The first-order valence-corrected chi connectivity index (χ1v) is 6.73. The van der Waals surface area contributed by atoms with Crippen LogP contribution < -0.4 is 0 Å². The van der Waals surface area contributed by atoms with Gasteiger partial charge in [0.1, 0.15) is 0 Å². The molecule has 0 amide bonds. The van der Waals surface area contributed by atoms with Crippen LogP contribution >= 0.6 is 0 Å². The Labute approximate surface area is 110 Å². The normalized spacial score (nSPS) is 21.8. The van der Waals surface area contributed by atoms with Crippen molar-refractivity contribution in [2.45, 2.75) is 27.2 Å². The highest BCUT2D eigenvalue weighted by atomic mass is 14.3. The number of rotatable bonds is 1. The molecule has 92 valence electrons. The molecule has 0 bridgehead atoms. The van der Waals surface area contributed by atoms with Crippen LogP contribution in [0.4, 0.5) is 0 Å². The Morgan fingerprint density at radius 3 is 2.56 bits per heavy atom. The first-order valence-electron chi connectivity index (χ1n) is 6.73. The molecule has 3 rings (SSSR count). The second-order valence-electron chi connectivity index (χ2n) is 6.35. The number of allylic oxidation sites excluding steroid dienone is 5. The molecule has 1 unspecified atom stereocenters. The van der Waals surface area contributed by atoms with Crippen LogP contribution in [0.3, 0.4) is 0 Å². The molecule has 0 heterocycles. The molecule has 0 nitrogen and oxygen atoms in total. The summed E-state index contributed by atoms with van der Waals surface area (Å²) < 4.78 is 0. The smallest absolute Gasteiger partial charge is 0.0173 e. The molecule has 0 heteroatoms. The lowest BCUT2D eigenvalue weighted by atomic mass is 9.86. The van der Waals surface area contributed by atoms with Crippen LogP contribution in [0.15, 0.2) is 53.6 Å². The summed E-state index contributed by atoms with van der Waals surface area (Å²) in [5, 5.41) is 0. The van der Waals surface area contributed by atoms with Crippen molar-refractivity contribution in [3.05, 3.63) is 64.8 Å². The van der Waals surface area contributed by atoms with Crippen molar-refractivity contribution in [3.63, 3.8) is 0 Å². The van der Waals surface area contributed by atoms with Crippen LogP contribution in [0.25, 0.3) is 6.08 Å². The van der Waals surface area contributed by atoms with E-state index in [0.717, 1.165) is 6.42 Å².